The number of nitrogens with zero attached hydrogens (tertiary/aromatic N) is 2. The van der Waals surface area contributed by atoms with Crippen LogP contribution >= 0.6 is 0 Å². The van der Waals surface area contributed by atoms with E-state index in [0.29, 0.717) is 6.54 Å². The second-order valence-corrected chi connectivity index (χ2v) is 4.68. The molecule has 98 valence electrons. The van der Waals surface area contributed by atoms with Gasteiger partial charge in [0.2, 0.25) is 5.91 Å². The fourth-order valence-electron chi connectivity index (χ4n) is 2.09. The highest BCUT2D eigenvalue weighted by atomic mass is 16.2. The standard InChI is InChI=1S/C13H20N4O/c1-11-7-12(9-15-8-11)16-13(18)10-17-5-2-3-14-4-6-17/h7-9,14H,2-6,10H2,1H3,(H,16,18). The lowest BCUT2D eigenvalue weighted by Gasteiger charge is -2.18. The van der Waals surface area contributed by atoms with Gasteiger partial charge < -0.3 is 10.6 Å². The molecule has 1 aromatic rings. The van der Waals surface area contributed by atoms with E-state index in [-0.39, 0.29) is 5.91 Å². The number of amides is 1. The summed E-state index contributed by atoms with van der Waals surface area (Å²) in [6.07, 6.45) is 4.55. The van der Waals surface area contributed by atoms with Crippen LogP contribution in [0.4, 0.5) is 5.69 Å². The average Bonchev–Trinajstić information content (AvgIpc) is 2.57. The highest BCUT2D eigenvalue weighted by Gasteiger charge is 2.12. The number of anilines is 1. The molecule has 2 heterocycles. The minimum atomic E-state index is 0.0318. The maximum Gasteiger partial charge on any atom is 0.238 e. The lowest BCUT2D eigenvalue weighted by molar-refractivity contribution is -0.117. The van der Waals surface area contributed by atoms with Crippen LogP contribution in [0.15, 0.2) is 18.5 Å². The van der Waals surface area contributed by atoms with Crippen LogP contribution in [0.1, 0.15) is 12.0 Å². The van der Waals surface area contributed by atoms with Crippen molar-refractivity contribution in [3.63, 3.8) is 0 Å². The lowest BCUT2D eigenvalue weighted by atomic mass is 10.3. The highest BCUT2D eigenvalue weighted by molar-refractivity contribution is 5.92. The molecular formula is C13H20N4O. The summed E-state index contributed by atoms with van der Waals surface area (Å²) < 4.78 is 0. The zero-order valence-corrected chi connectivity index (χ0v) is 10.8. The summed E-state index contributed by atoms with van der Waals surface area (Å²) in [6, 6.07) is 1.93. The third-order valence-corrected chi connectivity index (χ3v) is 2.96. The molecule has 0 aromatic carbocycles. The predicted octanol–water partition coefficient (Wildman–Crippen LogP) is 0.624. The van der Waals surface area contributed by atoms with Gasteiger partial charge in [-0.15, -0.1) is 0 Å². The van der Waals surface area contributed by atoms with Crippen LogP contribution in [-0.2, 0) is 4.79 Å². The summed E-state index contributed by atoms with van der Waals surface area (Å²) in [5.74, 6) is 0.0318. The van der Waals surface area contributed by atoms with E-state index < -0.39 is 0 Å². The summed E-state index contributed by atoms with van der Waals surface area (Å²) >= 11 is 0. The molecule has 0 aliphatic carbocycles. The zero-order valence-electron chi connectivity index (χ0n) is 10.8. The van der Waals surface area contributed by atoms with E-state index in [1.54, 1.807) is 12.4 Å². The first-order valence-electron chi connectivity index (χ1n) is 6.38. The second kappa shape index (κ2) is 6.47. The monoisotopic (exact) mass is 248 g/mol. The number of rotatable bonds is 3. The van der Waals surface area contributed by atoms with Crippen LogP contribution in [0, 0.1) is 6.92 Å². The summed E-state index contributed by atoms with van der Waals surface area (Å²) in [7, 11) is 0. The van der Waals surface area contributed by atoms with Crippen molar-refractivity contribution in [1.82, 2.24) is 15.2 Å². The van der Waals surface area contributed by atoms with Gasteiger partial charge in [0.25, 0.3) is 0 Å². The van der Waals surface area contributed by atoms with E-state index in [4.69, 9.17) is 0 Å². The Balaban J connectivity index is 1.84. The number of carbonyl (C=O) groups excluding carboxylic acids is 1. The lowest BCUT2D eigenvalue weighted by Crippen LogP contribution is -2.35. The van der Waals surface area contributed by atoms with Crippen LogP contribution in [0.25, 0.3) is 0 Å². The van der Waals surface area contributed by atoms with Gasteiger partial charge >= 0.3 is 0 Å². The van der Waals surface area contributed by atoms with Gasteiger partial charge in [0.1, 0.15) is 0 Å². The molecule has 5 heteroatoms. The zero-order chi connectivity index (χ0) is 12.8. The van der Waals surface area contributed by atoms with E-state index in [9.17, 15) is 4.79 Å². The first kappa shape index (κ1) is 13.0. The van der Waals surface area contributed by atoms with Gasteiger partial charge in [-0.3, -0.25) is 14.7 Å². The number of hydrogen-bond acceptors (Lipinski definition) is 4. The third-order valence-electron chi connectivity index (χ3n) is 2.96. The Hall–Kier alpha value is -1.46. The molecular weight excluding hydrogens is 228 g/mol. The number of hydrogen-bond donors (Lipinski definition) is 2. The highest BCUT2D eigenvalue weighted by Crippen LogP contribution is 2.07. The van der Waals surface area contributed by atoms with E-state index in [1.165, 1.54) is 0 Å². The second-order valence-electron chi connectivity index (χ2n) is 4.68. The van der Waals surface area contributed by atoms with E-state index in [2.05, 4.69) is 20.5 Å². The van der Waals surface area contributed by atoms with Crippen molar-refractivity contribution in [1.29, 1.82) is 0 Å². The molecule has 18 heavy (non-hydrogen) atoms. The molecule has 0 spiro atoms. The maximum atomic E-state index is 11.9. The SMILES string of the molecule is Cc1cncc(NC(=O)CN2CCCNCC2)c1. The Labute approximate surface area is 108 Å². The van der Waals surface area contributed by atoms with Gasteiger partial charge in [0, 0.05) is 19.3 Å². The normalized spacial score (nSPS) is 17.2. The van der Waals surface area contributed by atoms with Gasteiger partial charge in [-0.1, -0.05) is 0 Å². The molecule has 0 atom stereocenters. The topological polar surface area (TPSA) is 57.3 Å². The van der Waals surface area contributed by atoms with Gasteiger partial charge in [0.05, 0.1) is 18.4 Å². The third kappa shape index (κ3) is 4.09. The molecule has 1 saturated heterocycles. The van der Waals surface area contributed by atoms with E-state index in [1.807, 2.05) is 13.0 Å². The van der Waals surface area contributed by atoms with Crippen molar-refractivity contribution < 1.29 is 4.79 Å². The minimum absolute atomic E-state index is 0.0318. The Morgan fingerprint density at radius 3 is 3.17 bits per heavy atom. The van der Waals surface area contributed by atoms with Crippen LogP contribution in [-0.4, -0.2) is 48.5 Å². The quantitative estimate of drug-likeness (QED) is 0.823. The maximum absolute atomic E-state index is 11.9. The molecule has 0 bridgehead atoms. The molecule has 2 rings (SSSR count). The van der Waals surface area contributed by atoms with Crippen LogP contribution in [0.2, 0.25) is 0 Å². The summed E-state index contributed by atoms with van der Waals surface area (Å²) in [5, 5.41) is 6.21. The van der Waals surface area contributed by atoms with Gasteiger partial charge in [0.15, 0.2) is 0 Å². The van der Waals surface area contributed by atoms with Crippen LogP contribution < -0.4 is 10.6 Å². The molecule has 0 saturated carbocycles. The van der Waals surface area contributed by atoms with Gasteiger partial charge in [-0.25, -0.2) is 0 Å². The number of aromatic nitrogens is 1. The summed E-state index contributed by atoms with van der Waals surface area (Å²) in [5.41, 5.74) is 1.82. The molecule has 1 aromatic heterocycles. The van der Waals surface area contributed by atoms with Crippen molar-refractivity contribution in [2.75, 3.05) is 38.0 Å². The molecule has 0 unspecified atom stereocenters. The summed E-state index contributed by atoms with van der Waals surface area (Å²) in [4.78, 5) is 18.1. The minimum Gasteiger partial charge on any atom is -0.324 e. The molecule has 5 nitrogen and oxygen atoms in total. The van der Waals surface area contributed by atoms with Crippen molar-refractivity contribution in [2.45, 2.75) is 13.3 Å². The molecule has 1 aliphatic rings. The van der Waals surface area contributed by atoms with Gasteiger partial charge in [-0.05, 0) is 38.1 Å². The van der Waals surface area contributed by atoms with Crippen molar-refractivity contribution in [3.05, 3.63) is 24.0 Å². The first-order valence-corrected chi connectivity index (χ1v) is 6.38. The Morgan fingerprint density at radius 2 is 2.33 bits per heavy atom. The summed E-state index contributed by atoms with van der Waals surface area (Å²) in [6.45, 7) is 6.32. The van der Waals surface area contributed by atoms with E-state index in [0.717, 1.165) is 43.9 Å². The predicted molar refractivity (Wildman–Crippen MR) is 71.5 cm³/mol. The molecule has 0 radical (unpaired) electrons. The smallest absolute Gasteiger partial charge is 0.238 e. The van der Waals surface area contributed by atoms with Crippen molar-refractivity contribution >= 4 is 11.6 Å². The van der Waals surface area contributed by atoms with Crippen molar-refractivity contribution in [2.24, 2.45) is 0 Å². The van der Waals surface area contributed by atoms with Crippen molar-refractivity contribution in [3.8, 4) is 0 Å². The average molecular weight is 248 g/mol. The van der Waals surface area contributed by atoms with E-state index >= 15 is 0 Å². The van der Waals surface area contributed by atoms with Gasteiger partial charge in [-0.2, -0.15) is 0 Å². The fourth-order valence-corrected chi connectivity index (χ4v) is 2.09. The number of aryl methyl sites for hydroxylation is 1. The fraction of sp³-hybridized carbons (Fsp3) is 0.538. The molecule has 1 amide bonds. The first-order chi connectivity index (χ1) is 8.74. The Morgan fingerprint density at radius 1 is 1.44 bits per heavy atom. The number of pyridine rings is 1. The number of nitrogens with one attached hydrogen (secondary N) is 2. The molecule has 1 fully saturated rings. The largest absolute Gasteiger partial charge is 0.324 e. The Bertz CT molecular complexity index is 400. The Kier molecular flexibility index (Phi) is 4.66. The number of carbonyl (C=O) groups is 1. The van der Waals surface area contributed by atoms with Crippen LogP contribution in [0.5, 0.6) is 0 Å². The van der Waals surface area contributed by atoms with Crippen LogP contribution in [0.3, 0.4) is 0 Å². The molecule has 2 N–H and O–H groups in total. The molecule has 1 aliphatic heterocycles.